The lowest BCUT2D eigenvalue weighted by Crippen LogP contribution is -1.95. The SMILES string of the molecule is FC(F)c1c(Br)ncc(CBr)c1Br. The van der Waals surface area contributed by atoms with E-state index < -0.39 is 6.43 Å². The molecular formula is C7H4Br3F2N. The van der Waals surface area contributed by atoms with E-state index in [1.807, 2.05) is 0 Å². The lowest BCUT2D eigenvalue weighted by atomic mass is 10.2. The second-order valence-corrected chi connectivity index (χ2v) is 4.34. The summed E-state index contributed by atoms with van der Waals surface area (Å²) in [6, 6.07) is 0. The molecule has 0 N–H and O–H groups in total. The largest absolute Gasteiger partial charge is 0.267 e. The third kappa shape index (κ3) is 2.47. The van der Waals surface area contributed by atoms with Crippen LogP contribution in [0.5, 0.6) is 0 Å². The van der Waals surface area contributed by atoms with E-state index in [0.717, 1.165) is 0 Å². The van der Waals surface area contributed by atoms with Gasteiger partial charge in [-0.1, -0.05) is 15.9 Å². The molecule has 13 heavy (non-hydrogen) atoms. The standard InChI is InChI=1S/C7H4Br3F2N/c8-1-3-2-13-6(10)4(5(3)9)7(11)12/h2,7H,1H2. The van der Waals surface area contributed by atoms with Crippen LogP contribution >= 0.6 is 47.8 Å². The monoisotopic (exact) mass is 377 g/mol. The highest BCUT2D eigenvalue weighted by Crippen LogP contribution is 2.35. The Morgan fingerprint density at radius 2 is 2.00 bits per heavy atom. The number of aromatic nitrogens is 1. The van der Waals surface area contributed by atoms with Gasteiger partial charge in [0.2, 0.25) is 0 Å². The molecule has 0 aromatic carbocycles. The van der Waals surface area contributed by atoms with Crippen LogP contribution in [0.2, 0.25) is 0 Å². The predicted octanol–water partition coefficient (Wildman–Crippen LogP) is 4.44. The number of hydrogen-bond donors (Lipinski definition) is 0. The summed E-state index contributed by atoms with van der Waals surface area (Å²) in [5, 5.41) is 0.494. The molecule has 0 aliphatic carbocycles. The molecule has 1 rings (SSSR count). The molecule has 1 heterocycles. The van der Waals surface area contributed by atoms with Crippen LogP contribution < -0.4 is 0 Å². The molecule has 0 fully saturated rings. The Balaban J connectivity index is 3.30. The number of hydrogen-bond acceptors (Lipinski definition) is 1. The van der Waals surface area contributed by atoms with Crippen molar-refractivity contribution < 1.29 is 8.78 Å². The summed E-state index contributed by atoms with van der Waals surface area (Å²) in [6.07, 6.45) is -0.996. The van der Waals surface area contributed by atoms with Gasteiger partial charge >= 0.3 is 0 Å². The summed E-state index contributed by atoms with van der Waals surface area (Å²) in [4.78, 5) is 3.81. The van der Waals surface area contributed by atoms with E-state index in [1.165, 1.54) is 6.20 Å². The normalized spacial score (nSPS) is 10.9. The summed E-state index contributed by atoms with van der Waals surface area (Å²) in [6.45, 7) is 0. The molecule has 0 saturated heterocycles. The van der Waals surface area contributed by atoms with E-state index >= 15 is 0 Å². The molecule has 1 nitrogen and oxygen atoms in total. The Morgan fingerprint density at radius 3 is 2.46 bits per heavy atom. The van der Waals surface area contributed by atoms with Crippen molar-refractivity contribution in [2.24, 2.45) is 0 Å². The minimum absolute atomic E-state index is 0.100. The molecule has 0 amide bonds. The first-order valence-electron chi connectivity index (χ1n) is 3.24. The number of halogens is 5. The molecule has 72 valence electrons. The Labute approximate surface area is 99.3 Å². The van der Waals surface area contributed by atoms with Gasteiger partial charge < -0.3 is 0 Å². The van der Waals surface area contributed by atoms with E-state index in [1.54, 1.807) is 0 Å². The van der Waals surface area contributed by atoms with Crippen molar-refractivity contribution >= 4 is 47.8 Å². The molecule has 0 radical (unpaired) electrons. The maximum Gasteiger partial charge on any atom is 0.267 e. The second-order valence-electron chi connectivity index (χ2n) is 2.24. The topological polar surface area (TPSA) is 12.9 Å². The van der Waals surface area contributed by atoms with Gasteiger partial charge in [0.05, 0.1) is 5.56 Å². The Kier molecular flexibility index (Phi) is 4.25. The van der Waals surface area contributed by atoms with Crippen LogP contribution in [0, 0.1) is 0 Å². The second kappa shape index (κ2) is 4.79. The van der Waals surface area contributed by atoms with Crippen LogP contribution in [0.1, 0.15) is 17.6 Å². The first kappa shape index (κ1) is 11.5. The summed E-state index contributed by atoms with van der Waals surface area (Å²) in [5.41, 5.74) is 0.607. The van der Waals surface area contributed by atoms with Crippen molar-refractivity contribution in [1.82, 2.24) is 4.98 Å². The average molecular weight is 380 g/mol. The van der Waals surface area contributed by atoms with Crippen LogP contribution in [-0.2, 0) is 5.33 Å². The average Bonchev–Trinajstić information content (AvgIpc) is 2.04. The van der Waals surface area contributed by atoms with Crippen molar-refractivity contribution in [2.45, 2.75) is 11.8 Å². The van der Waals surface area contributed by atoms with Crippen LogP contribution in [0.3, 0.4) is 0 Å². The zero-order chi connectivity index (χ0) is 10.0. The zero-order valence-electron chi connectivity index (χ0n) is 6.20. The van der Waals surface area contributed by atoms with Gasteiger partial charge in [-0.15, -0.1) is 0 Å². The Morgan fingerprint density at radius 1 is 1.38 bits per heavy atom. The fourth-order valence-corrected chi connectivity index (χ4v) is 2.95. The molecule has 6 heteroatoms. The maximum atomic E-state index is 12.5. The molecule has 0 saturated carbocycles. The number of nitrogens with zero attached hydrogens (tertiary/aromatic N) is 1. The molecule has 0 bridgehead atoms. The van der Waals surface area contributed by atoms with Gasteiger partial charge in [-0.2, -0.15) is 0 Å². The van der Waals surface area contributed by atoms with Crippen LogP contribution in [0.4, 0.5) is 8.78 Å². The summed E-state index contributed by atoms with van der Waals surface area (Å²) >= 11 is 9.27. The highest BCUT2D eigenvalue weighted by atomic mass is 79.9. The van der Waals surface area contributed by atoms with Gasteiger partial charge in [0, 0.05) is 16.0 Å². The number of alkyl halides is 3. The lowest BCUT2D eigenvalue weighted by Gasteiger charge is -2.08. The molecule has 1 aromatic heterocycles. The first-order chi connectivity index (χ1) is 6.07. The first-order valence-corrected chi connectivity index (χ1v) is 5.95. The minimum atomic E-state index is -2.53. The highest BCUT2D eigenvalue weighted by Gasteiger charge is 2.18. The molecule has 0 unspecified atom stereocenters. The third-order valence-corrected chi connectivity index (χ3v) is 3.61. The lowest BCUT2D eigenvalue weighted by molar-refractivity contribution is 0.149. The van der Waals surface area contributed by atoms with Gasteiger partial charge in [0.1, 0.15) is 4.60 Å². The van der Waals surface area contributed by atoms with Gasteiger partial charge in [-0.3, -0.25) is 0 Å². The van der Waals surface area contributed by atoms with Crippen molar-refractivity contribution in [3.05, 3.63) is 26.4 Å². The minimum Gasteiger partial charge on any atom is -0.248 e. The van der Waals surface area contributed by atoms with Crippen molar-refractivity contribution in [3.8, 4) is 0 Å². The van der Waals surface area contributed by atoms with E-state index in [2.05, 4.69) is 52.8 Å². The van der Waals surface area contributed by atoms with Crippen molar-refractivity contribution in [2.75, 3.05) is 0 Å². The van der Waals surface area contributed by atoms with E-state index in [-0.39, 0.29) is 10.2 Å². The fraction of sp³-hybridized carbons (Fsp3) is 0.286. The highest BCUT2D eigenvalue weighted by molar-refractivity contribution is 9.11. The van der Waals surface area contributed by atoms with Crippen molar-refractivity contribution in [1.29, 1.82) is 0 Å². The predicted molar refractivity (Wildman–Crippen MR) is 57.2 cm³/mol. The van der Waals surface area contributed by atoms with Gasteiger partial charge in [0.25, 0.3) is 6.43 Å². The smallest absolute Gasteiger partial charge is 0.248 e. The van der Waals surface area contributed by atoms with Crippen LogP contribution in [-0.4, -0.2) is 4.98 Å². The van der Waals surface area contributed by atoms with E-state index in [9.17, 15) is 8.78 Å². The number of rotatable bonds is 2. The molecule has 0 aliphatic rings. The summed E-state index contributed by atoms with van der Waals surface area (Å²) < 4.78 is 25.6. The number of pyridine rings is 1. The molecular weight excluding hydrogens is 376 g/mol. The molecule has 0 aliphatic heterocycles. The summed E-state index contributed by atoms with van der Waals surface area (Å²) in [5.74, 6) is 0. The van der Waals surface area contributed by atoms with Gasteiger partial charge in [-0.25, -0.2) is 13.8 Å². The van der Waals surface area contributed by atoms with E-state index in [4.69, 9.17) is 0 Å². The Bertz CT molecular complexity index is 317. The fourth-order valence-electron chi connectivity index (χ4n) is 0.803. The third-order valence-electron chi connectivity index (χ3n) is 1.44. The molecule has 1 aromatic rings. The maximum absolute atomic E-state index is 12.5. The summed E-state index contributed by atoms with van der Waals surface area (Å²) in [7, 11) is 0. The quantitative estimate of drug-likeness (QED) is 0.547. The van der Waals surface area contributed by atoms with Gasteiger partial charge in [0.15, 0.2) is 0 Å². The van der Waals surface area contributed by atoms with Crippen molar-refractivity contribution in [3.63, 3.8) is 0 Å². The molecule has 0 spiro atoms. The Hall–Kier alpha value is 0.450. The van der Waals surface area contributed by atoms with Crippen LogP contribution in [0.15, 0.2) is 15.3 Å². The van der Waals surface area contributed by atoms with Crippen LogP contribution in [0.25, 0.3) is 0 Å². The molecule has 0 atom stereocenters. The zero-order valence-corrected chi connectivity index (χ0v) is 11.0. The van der Waals surface area contributed by atoms with Gasteiger partial charge in [-0.05, 0) is 37.4 Å². The van der Waals surface area contributed by atoms with E-state index in [0.29, 0.717) is 15.4 Å².